The van der Waals surface area contributed by atoms with Crippen molar-refractivity contribution in [3.8, 4) is 0 Å². The third-order valence-electron chi connectivity index (χ3n) is 4.78. The zero-order valence-electron chi connectivity index (χ0n) is 11.3. The third kappa shape index (κ3) is 2.21. The summed E-state index contributed by atoms with van der Waals surface area (Å²) < 4.78 is 5.83. The van der Waals surface area contributed by atoms with E-state index in [1.165, 1.54) is 38.6 Å². The summed E-state index contributed by atoms with van der Waals surface area (Å²) in [4.78, 5) is 2.63. The zero-order valence-corrected chi connectivity index (χ0v) is 11.3. The van der Waals surface area contributed by atoms with Gasteiger partial charge in [-0.15, -0.1) is 0 Å². The average molecular weight is 248 g/mol. The lowest BCUT2D eigenvalue weighted by atomic mass is 9.85. The lowest BCUT2D eigenvalue weighted by molar-refractivity contribution is 0.165. The molecule has 1 aliphatic heterocycles. The molecule has 0 amide bonds. The molecular weight excluding hydrogens is 224 g/mol. The van der Waals surface area contributed by atoms with Crippen molar-refractivity contribution >= 4 is 0 Å². The largest absolute Gasteiger partial charge is 0.465 e. The summed E-state index contributed by atoms with van der Waals surface area (Å²) >= 11 is 0. The maximum absolute atomic E-state index is 5.83. The highest BCUT2D eigenvalue weighted by Gasteiger charge is 2.35. The summed E-state index contributed by atoms with van der Waals surface area (Å²) in [5.74, 6) is 3.04. The van der Waals surface area contributed by atoms with Crippen LogP contribution in [0.5, 0.6) is 0 Å². The summed E-state index contributed by atoms with van der Waals surface area (Å²) in [5, 5.41) is 0. The molecule has 2 unspecified atom stereocenters. The van der Waals surface area contributed by atoms with Gasteiger partial charge in [0.25, 0.3) is 0 Å². The maximum Gasteiger partial charge on any atom is 0.118 e. The predicted molar refractivity (Wildman–Crippen MR) is 72.1 cm³/mol. The van der Waals surface area contributed by atoms with Crippen molar-refractivity contribution in [2.24, 2.45) is 11.7 Å². The first-order valence-corrected chi connectivity index (χ1v) is 7.30. The maximum atomic E-state index is 5.83. The molecule has 1 aromatic heterocycles. The standard InChI is InChI=1S/C15H24N2O/c1-11-13(9-16)8-14(18-11)10-17-7-6-12-4-2-3-5-15(12)17/h8,12,15H,2-7,9-10,16H2,1H3. The van der Waals surface area contributed by atoms with Gasteiger partial charge < -0.3 is 10.2 Å². The Kier molecular flexibility index (Phi) is 3.44. The summed E-state index contributed by atoms with van der Waals surface area (Å²) in [6.07, 6.45) is 7.05. The second-order valence-electron chi connectivity index (χ2n) is 5.87. The van der Waals surface area contributed by atoms with Crippen molar-refractivity contribution < 1.29 is 4.42 Å². The van der Waals surface area contributed by atoms with E-state index in [-0.39, 0.29) is 0 Å². The topological polar surface area (TPSA) is 42.4 Å². The molecular formula is C15H24N2O. The molecule has 18 heavy (non-hydrogen) atoms. The monoisotopic (exact) mass is 248 g/mol. The van der Waals surface area contributed by atoms with Crippen LogP contribution >= 0.6 is 0 Å². The van der Waals surface area contributed by atoms with Gasteiger partial charge >= 0.3 is 0 Å². The lowest BCUT2D eigenvalue weighted by Gasteiger charge is -2.31. The van der Waals surface area contributed by atoms with Gasteiger partial charge in [-0.05, 0) is 44.7 Å². The number of hydrogen-bond donors (Lipinski definition) is 1. The van der Waals surface area contributed by atoms with Crippen molar-refractivity contribution in [3.63, 3.8) is 0 Å². The Balaban J connectivity index is 1.68. The number of likely N-dealkylation sites (tertiary alicyclic amines) is 1. The summed E-state index contributed by atoms with van der Waals surface area (Å²) in [7, 11) is 0. The molecule has 100 valence electrons. The van der Waals surface area contributed by atoms with E-state index in [4.69, 9.17) is 10.2 Å². The summed E-state index contributed by atoms with van der Waals surface area (Å²) in [6, 6.07) is 2.95. The van der Waals surface area contributed by atoms with E-state index in [9.17, 15) is 0 Å². The van der Waals surface area contributed by atoms with Gasteiger partial charge in [-0.3, -0.25) is 4.90 Å². The third-order valence-corrected chi connectivity index (χ3v) is 4.78. The molecule has 1 saturated carbocycles. The number of rotatable bonds is 3. The van der Waals surface area contributed by atoms with E-state index in [2.05, 4.69) is 11.0 Å². The van der Waals surface area contributed by atoms with Crippen LogP contribution in [-0.4, -0.2) is 17.5 Å². The minimum Gasteiger partial charge on any atom is -0.465 e. The van der Waals surface area contributed by atoms with E-state index in [1.54, 1.807) is 0 Å². The van der Waals surface area contributed by atoms with Crippen LogP contribution in [0.25, 0.3) is 0 Å². The van der Waals surface area contributed by atoms with Crippen LogP contribution in [0, 0.1) is 12.8 Å². The molecule has 0 aromatic carbocycles. The van der Waals surface area contributed by atoms with Crippen molar-refractivity contribution in [2.45, 2.75) is 58.2 Å². The van der Waals surface area contributed by atoms with Gasteiger partial charge in [-0.1, -0.05) is 12.8 Å². The second-order valence-corrected chi connectivity index (χ2v) is 5.87. The van der Waals surface area contributed by atoms with E-state index in [0.717, 1.165) is 35.6 Å². The Morgan fingerprint density at radius 1 is 1.33 bits per heavy atom. The van der Waals surface area contributed by atoms with E-state index >= 15 is 0 Å². The minimum absolute atomic E-state index is 0.585. The Morgan fingerprint density at radius 3 is 2.94 bits per heavy atom. The highest BCUT2D eigenvalue weighted by atomic mass is 16.3. The van der Waals surface area contributed by atoms with E-state index in [1.807, 2.05) is 6.92 Å². The van der Waals surface area contributed by atoms with Crippen LogP contribution in [-0.2, 0) is 13.1 Å². The molecule has 2 aliphatic rings. The predicted octanol–water partition coefficient (Wildman–Crippen LogP) is 2.81. The fourth-order valence-corrected chi connectivity index (χ4v) is 3.77. The Morgan fingerprint density at radius 2 is 2.17 bits per heavy atom. The highest BCUT2D eigenvalue weighted by Crippen LogP contribution is 2.37. The van der Waals surface area contributed by atoms with Crippen molar-refractivity contribution in [2.75, 3.05) is 6.54 Å². The molecule has 1 aliphatic carbocycles. The van der Waals surface area contributed by atoms with Crippen LogP contribution in [0.3, 0.4) is 0 Å². The molecule has 3 nitrogen and oxygen atoms in total. The minimum atomic E-state index is 0.585. The van der Waals surface area contributed by atoms with Gasteiger partial charge in [0, 0.05) is 18.2 Å². The van der Waals surface area contributed by atoms with Gasteiger partial charge in [0.1, 0.15) is 11.5 Å². The Labute approximate surface area is 109 Å². The summed E-state index contributed by atoms with van der Waals surface area (Å²) in [5.41, 5.74) is 6.86. The number of aryl methyl sites for hydroxylation is 1. The van der Waals surface area contributed by atoms with Crippen LogP contribution in [0.1, 0.15) is 49.2 Å². The number of furan rings is 1. The molecule has 0 spiro atoms. The molecule has 1 aromatic rings. The average Bonchev–Trinajstić information content (AvgIpc) is 2.94. The van der Waals surface area contributed by atoms with Gasteiger partial charge in [-0.25, -0.2) is 0 Å². The highest BCUT2D eigenvalue weighted by molar-refractivity contribution is 5.20. The normalized spacial score (nSPS) is 28.6. The first-order valence-electron chi connectivity index (χ1n) is 7.30. The molecule has 0 radical (unpaired) electrons. The van der Waals surface area contributed by atoms with Crippen molar-refractivity contribution in [1.29, 1.82) is 0 Å². The number of hydrogen-bond acceptors (Lipinski definition) is 3. The lowest BCUT2D eigenvalue weighted by Crippen LogP contribution is -2.34. The first-order chi connectivity index (χ1) is 8.78. The first kappa shape index (κ1) is 12.2. The van der Waals surface area contributed by atoms with Crippen molar-refractivity contribution in [1.82, 2.24) is 4.90 Å². The van der Waals surface area contributed by atoms with Gasteiger partial charge in [-0.2, -0.15) is 0 Å². The SMILES string of the molecule is Cc1oc(CN2CCC3CCCCC32)cc1CN. The van der Waals surface area contributed by atoms with E-state index < -0.39 is 0 Å². The quantitative estimate of drug-likeness (QED) is 0.894. The van der Waals surface area contributed by atoms with E-state index in [0.29, 0.717) is 6.54 Å². The molecule has 2 heterocycles. The van der Waals surface area contributed by atoms with Gasteiger partial charge in [0.15, 0.2) is 0 Å². The van der Waals surface area contributed by atoms with Crippen LogP contribution in [0.2, 0.25) is 0 Å². The van der Waals surface area contributed by atoms with Gasteiger partial charge in [0.05, 0.1) is 6.54 Å². The number of nitrogens with zero attached hydrogens (tertiary/aromatic N) is 1. The van der Waals surface area contributed by atoms with Crippen LogP contribution < -0.4 is 5.73 Å². The zero-order chi connectivity index (χ0) is 12.5. The molecule has 2 N–H and O–H groups in total. The Hall–Kier alpha value is -0.800. The number of fused-ring (bicyclic) bond motifs is 1. The second kappa shape index (κ2) is 5.06. The fraction of sp³-hybridized carbons (Fsp3) is 0.733. The van der Waals surface area contributed by atoms with Crippen LogP contribution in [0.15, 0.2) is 10.5 Å². The molecule has 0 bridgehead atoms. The van der Waals surface area contributed by atoms with Crippen LogP contribution in [0.4, 0.5) is 0 Å². The molecule has 2 atom stereocenters. The Bertz CT molecular complexity index is 413. The molecule has 3 heteroatoms. The molecule has 1 saturated heterocycles. The smallest absolute Gasteiger partial charge is 0.118 e. The summed E-state index contributed by atoms with van der Waals surface area (Å²) in [6.45, 7) is 4.82. The molecule has 2 fully saturated rings. The van der Waals surface area contributed by atoms with Gasteiger partial charge in [0.2, 0.25) is 0 Å². The van der Waals surface area contributed by atoms with Crippen molar-refractivity contribution in [3.05, 3.63) is 23.2 Å². The molecule has 3 rings (SSSR count). The number of nitrogens with two attached hydrogens (primary N) is 1. The fourth-order valence-electron chi connectivity index (χ4n) is 3.77.